The lowest BCUT2D eigenvalue weighted by molar-refractivity contribution is -0.137. The summed E-state index contributed by atoms with van der Waals surface area (Å²) in [4.78, 5) is 41.5. The van der Waals surface area contributed by atoms with Crippen molar-refractivity contribution in [1.29, 1.82) is 0 Å². The van der Waals surface area contributed by atoms with Crippen molar-refractivity contribution >= 4 is 35.1 Å². The fraction of sp³-hybridized carbons (Fsp3) is 0.333. The minimum atomic E-state index is -0.987. The topological polar surface area (TPSA) is 120 Å². The van der Waals surface area contributed by atoms with Crippen LogP contribution < -0.4 is 16.0 Å². The van der Waals surface area contributed by atoms with Crippen molar-refractivity contribution in [2.75, 3.05) is 13.1 Å². The van der Waals surface area contributed by atoms with Crippen molar-refractivity contribution in [1.82, 2.24) is 16.0 Å². The second-order valence-corrected chi connectivity index (χ2v) is 8.03. The van der Waals surface area contributed by atoms with Gasteiger partial charge in [-0.3, -0.25) is 24.7 Å². The Kier molecular flexibility index (Phi) is 7.56. The van der Waals surface area contributed by atoms with Gasteiger partial charge in [0, 0.05) is 24.4 Å². The Hall–Kier alpha value is -3.20. The van der Waals surface area contributed by atoms with Crippen LogP contribution in [0.1, 0.15) is 45.4 Å². The third-order valence-electron chi connectivity index (χ3n) is 4.52. The fourth-order valence-corrected chi connectivity index (χ4v) is 3.93. The molecule has 9 heteroatoms. The van der Waals surface area contributed by atoms with Gasteiger partial charge in [-0.15, -0.1) is 11.3 Å². The van der Waals surface area contributed by atoms with E-state index in [1.807, 2.05) is 12.1 Å². The van der Waals surface area contributed by atoms with Gasteiger partial charge in [-0.25, -0.2) is 0 Å². The van der Waals surface area contributed by atoms with E-state index in [2.05, 4.69) is 20.9 Å². The number of carbonyl (C=O) groups excluding carboxylic acids is 2. The van der Waals surface area contributed by atoms with E-state index in [0.29, 0.717) is 23.8 Å². The Morgan fingerprint density at radius 2 is 1.97 bits per heavy atom. The van der Waals surface area contributed by atoms with Crippen molar-refractivity contribution in [3.8, 4) is 0 Å². The van der Waals surface area contributed by atoms with Crippen LogP contribution in [0.15, 0.2) is 47.5 Å². The number of amides is 2. The Balaban J connectivity index is 1.55. The Morgan fingerprint density at radius 3 is 2.67 bits per heavy atom. The lowest BCUT2D eigenvalue weighted by Crippen LogP contribution is -2.43. The molecule has 2 amide bonds. The minimum Gasteiger partial charge on any atom is -0.481 e. The lowest BCUT2D eigenvalue weighted by atomic mass is 10.0. The van der Waals surface area contributed by atoms with Crippen molar-refractivity contribution in [3.05, 3.63) is 57.8 Å². The molecule has 1 aliphatic rings. The number of nitrogens with zero attached hydrogens (tertiary/aromatic N) is 1. The fourth-order valence-electron chi connectivity index (χ4n) is 3.02. The standard InChI is InChI=1S/C21H24N4O4S/c26-18(25-21-22-11-4-12-23-21)10-8-15-7-9-17(30-15)20(29)24-16(13-19(27)28)14-5-2-1-3-6-14/h1-3,5-7,9,16H,4,8,10-13H2,(H,24,29)(H,27,28)(H2,22,23,25,26). The molecule has 1 atom stereocenters. The summed E-state index contributed by atoms with van der Waals surface area (Å²) >= 11 is 1.30. The van der Waals surface area contributed by atoms with Crippen LogP contribution in [0.2, 0.25) is 0 Å². The first-order valence-electron chi connectivity index (χ1n) is 9.76. The lowest BCUT2D eigenvalue weighted by Gasteiger charge is -2.16. The summed E-state index contributed by atoms with van der Waals surface area (Å²) in [6.45, 7) is 1.51. The van der Waals surface area contributed by atoms with Crippen LogP contribution in [0.5, 0.6) is 0 Å². The maximum absolute atomic E-state index is 12.6. The van der Waals surface area contributed by atoms with E-state index < -0.39 is 12.0 Å². The Labute approximate surface area is 178 Å². The van der Waals surface area contributed by atoms with Crippen LogP contribution in [0, 0.1) is 0 Å². The highest BCUT2D eigenvalue weighted by molar-refractivity contribution is 7.14. The number of benzene rings is 1. The van der Waals surface area contributed by atoms with Crippen LogP contribution >= 0.6 is 11.3 Å². The molecule has 30 heavy (non-hydrogen) atoms. The maximum Gasteiger partial charge on any atom is 0.305 e. The molecule has 0 saturated carbocycles. The number of guanidine groups is 1. The molecular formula is C21H24N4O4S. The first kappa shape index (κ1) is 21.5. The number of nitrogens with one attached hydrogen (secondary N) is 3. The largest absolute Gasteiger partial charge is 0.481 e. The van der Waals surface area contributed by atoms with Gasteiger partial charge in [0.05, 0.1) is 17.3 Å². The summed E-state index contributed by atoms with van der Waals surface area (Å²) in [7, 11) is 0. The zero-order valence-corrected chi connectivity index (χ0v) is 17.2. The van der Waals surface area contributed by atoms with E-state index in [-0.39, 0.29) is 24.7 Å². The van der Waals surface area contributed by atoms with Gasteiger partial charge in [0.15, 0.2) is 5.96 Å². The van der Waals surface area contributed by atoms with E-state index in [4.69, 9.17) is 0 Å². The van der Waals surface area contributed by atoms with Gasteiger partial charge in [-0.2, -0.15) is 0 Å². The van der Waals surface area contributed by atoms with E-state index >= 15 is 0 Å². The summed E-state index contributed by atoms with van der Waals surface area (Å²) < 4.78 is 0. The van der Waals surface area contributed by atoms with Gasteiger partial charge in [-0.1, -0.05) is 30.3 Å². The number of rotatable bonds is 8. The average molecular weight is 429 g/mol. The molecule has 0 radical (unpaired) electrons. The predicted octanol–water partition coefficient (Wildman–Crippen LogP) is 2.09. The van der Waals surface area contributed by atoms with Crippen LogP contribution in [0.3, 0.4) is 0 Å². The third kappa shape index (κ3) is 6.41. The van der Waals surface area contributed by atoms with Gasteiger partial charge >= 0.3 is 5.97 Å². The summed E-state index contributed by atoms with van der Waals surface area (Å²) in [6.07, 6.45) is 1.55. The van der Waals surface area contributed by atoms with E-state index in [9.17, 15) is 19.5 Å². The number of aliphatic imine (C=N–C) groups is 1. The number of aliphatic carboxylic acids is 1. The number of hydrogen-bond acceptors (Lipinski definition) is 6. The first-order valence-corrected chi connectivity index (χ1v) is 10.6. The molecule has 3 rings (SSSR count). The molecule has 1 aromatic carbocycles. The van der Waals surface area contributed by atoms with Crippen LogP contribution in [-0.2, 0) is 16.0 Å². The van der Waals surface area contributed by atoms with Gasteiger partial charge < -0.3 is 15.7 Å². The van der Waals surface area contributed by atoms with Crippen LogP contribution in [-0.4, -0.2) is 41.9 Å². The van der Waals surface area contributed by atoms with E-state index in [1.165, 1.54) is 11.3 Å². The molecule has 0 bridgehead atoms. The number of thiophene rings is 1. The SMILES string of the molecule is O=C(O)CC(NC(=O)c1ccc(CCC(=O)NC2=NCCCN2)s1)c1ccccc1. The molecule has 1 aromatic heterocycles. The molecule has 1 unspecified atom stereocenters. The van der Waals surface area contributed by atoms with Crippen LogP contribution in [0.25, 0.3) is 0 Å². The number of carbonyl (C=O) groups is 3. The van der Waals surface area contributed by atoms with Crippen molar-refractivity contribution in [2.24, 2.45) is 4.99 Å². The quantitative estimate of drug-likeness (QED) is 0.513. The first-order chi connectivity index (χ1) is 14.5. The van der Waals surface area contributed by atoms with E-state index in [0.717, 1.165) is 23.4 Å². The molecule has 0 aliphatic carbocycles. The third-order valence-corrected chi connectivity index (χ3v) is 5.67. The minimum absolute atomic E-state index is 0.131. The predicted molar refractivity (Wildman–Crippen MR) is 115 cm³/mol. The molecule has 0 fully saturated rings. The Morgan fingerprint density at radius 1 is 1.17 bits per heavy atom. The molecule has 4 N–H and O–H groups in total. The van der Waals surface area contributed by atoms with Gasteiger partial charge in [0.2, 0.25) is 5.91 Å². The smallest absolute Gasteiger partial charge is 0.305 e. The second kappa shape index (κ2) is 10.5. The number of hydrogen-bond donors (Lipinski definition) is 4. The monoisotopic (exact) mass is 428 g/mol. The summed E-state index contributed by atoms with van der Waals surface area (Å²) in [5.74, 6) is -0.929. The number of carboxylic acids is 1. The molecule has 158 valence electrons. The second-order valence-electron chi connectivity index (χ2n) is 6.86. The summed E-state index contributed by atoms with van der Waals surface area (Å²) in [5, 5.41) is 17.8. The van der Waals surface area contributed by atoms with Crippen molar-refractivity contribution in [3.63, 3.8) is 0 Å². The van der Waals surface area contributed by atoms with Gasteiger partial charge in [-0.05, 0) is 30.5 Å². The highest BCUT2D eigenvalue weighted by Crippen LogP contribution is 2.21. The van der Waals surface area contributed by atoms with Gasteiger partial charge in [0.25, 0.3) is 5.91 Å². The molecule has 8 nitrogen and oxygen atoms in total. The van der Waals surface area contributed by atoms with Crippen molar-refractivity contribution < 1.29 is 19.5 Å². The van der Waals surface area contributed by atoms with Crippen LogP contribution in [0.4, 0.5) is 0 Å². The molecule has 1 aliphatic heterocycles. The zero-order valence-electron chi connectivity index (χ0n) is 16.4. The molecule has 2 heterocycles. The molecule has 2 aromatic rings. The van der Waals surface area contributed by atoms with E-state index in [1.54, 1.807) is 30.3 Å². The molecule has 0 saturated heterocycles. The summed E-state index contributed by atoms with van der Waals surface area (Å²) in [5.41, 5.74) is 0.737. The Bertz CT molecular complexity index is 926. The highest BCUT2D eigenvalue weighted by atomic mass is 32.1. The molecular weight excluding hydrogens is 404 g/mol. The van der Waals surface area contributed by atoms with Crippen molar-refractivity contribution in [2.45, 2.75) is 31.7 Å². The number of aryl methyl sites for hydroxylation is 1. The maximum atomic E-state index is 12.6. The van der Waals surface area contributed by atoms with Gasteiger partial charge in [0.1, 0.15) is 0 Å². The summed E-state index contributed by atoms with van der Waals surface area (Å²) in [6, 6.07) is 11.9. The molecule has 0 spiro atoms. The number of carboxylic acid groups (broad SMARTS) is 1. The average Bonchev–Trinajstić information content (AvgIpc) is 3.22. The normalized spacial score (nSPS) is 14.2. The zero-order chi connectivity index (χ0) is 21.3. The highest BCUT2D eigenvalue weighted by Gasteiger charge is 2.20.